The quantitative estimate of drug-likeness (QED) is 0.379. The van der Waals surface area contributed by atoms with E-state index in [2.05, 4.69) is 36.5 Å². The highest BCUT2D eigenvalue weighted by molar-refractivity contribution is 9.10. The number of aryl methyl sites for hydroxylation is 2. The van der Waals surface area contributed by atoms with Gasteiger partial charge in [0.25, 0.3) is 11.8 Å². The fourth-order valence-electron chi connectivity index (χ4n) is 3.68. The third-order valence-corrected chi connectivity index (χ3v) is 5.69. The lowest BCUT2D eigenvalue weighted by Crippen LogP contribution is -2.26. The van der Waals surface area contributed by atoms with Crippen molar-refractivity contribution in [2.75, 3.05) is 11.9 Å². The Kier molecular flexibility index (Phi) is 5.59. The van der Waals surface area contributed by atoms with Gasteiger partial charge in [0.2, 0.25) is 0 Å². The normalized spacial score (nSPS) is 14.1. The lowest BCUT2D eigenvalue weighted by Gasteiger charge is -2.06. The molecular weight excluding hydrogens is 446 g/mol. The Labute approximate surface area is 182 Å². The second-order valence-corrected chi connectivity index (χ2v) is 8.19. The summed E-state index contributed by atoms with van der Waals surface area (Å²) < 4.78 is 2.88. The molecule has 1 aliphatic rings. The number of H-pyrrole nitrogens is 1. The van der Waals surface area contributed by atoms with Gasteiger partial charge in [0.15, 0.2) is 0 Å². The van der Waals surface area contributed by atoms with E-state index < -0.39 is 0 Å². The van der Waals surface area contributed by atoms with Gasteiger partial charge in [0.1, 0.15) is 0 Å². The number of fused-ring (bicyclic) bond motifs is 1. The van der Waals surface area contributed by atoms with E-state index >= 15 is 0 Å². The number of nitrogens with one attached hydrogen (secondary N) is 3. The van der Waals surface area contributed by atoms with Crippen LogP contribution in [-0.4, -0.2) is 32.9 Å². The Morgan fingerprint density at radius 1 is 1.33 bits per heavy atom. The number of hydrogen-bond donors (Lipinski definition) is 3. The molecule has 0 saturated carbocycles. The molecule has 2 aromatic heterocycles. The average molecular weight is 468 g/mol. The summed E-state index contributed by atoms with van der Waals surface area (Å²) >= 11 is 3.46. The third kappa shape index (κ3) is 3.95. The van der Waals surface area contributed by atoms with Gasteiger partial charge < -0.3 is 20.2 Å². The SMILES string of the molecule is Cc1[nH]c(/C=C2\C(=O)Nc3ccc(Br)cc32)c(C)c1C(=O)NCCCn1ccnc1. The molecule has 1 aliphatic heterocycles. The molecule has 154 valence electrons. The number of carbonyl (C=O) groups is 2. The minimum Gasteiger partial charge on any atom is -0.358 e. The zero-order valence-corrected chi connectivity index (χ0v) is 18.3. The van der Waals surface area contributed by atoms with E-state index in [0.29, 0.717) is 17.7 Å². The standard InChI is InChI=1S/C22H22BrN5O2/c1-13-19(11-17-16-10-15(23)4-5-18(16)27-21(17)29)26-14(2)20(13)22(30)25-6-3-8-28-9-7-24-12-28/h4-5,7,9-12,26H,3,6,8H2,1-2H3,(H,25,30)(H,27,29)/b17-11-. The predicted molar refractivity (Wildman–Crippen MR) is 120 cm³/mol. The van der Waals surface area contributed by atoms with Gasteiger partial charge in [-0.2, -0.15) is 0 Å². The van der Waals surface area contributed by atoms with Crippen molar-refractivity contribution in [2.45, 2.75) is 26.8 Å². The number of aromatic nitrogens is 3. The first-order chi connectivity index (χ1) is 14.4. The van der Waals surface area contributed by atoms with Crippen LogP contribution in [0.25, 0.3) is 11.6 Å². The highest BCUT2D eigenvalue weighted by Crippen LogP contribution is 2.35. The number of nitrogens with zero attached hydrogens (tertiary/aromatic N) is 2. The molecule has 8 heteroatoms. The summed E-state index contributed by atoms with van der Waals surface area (Å²) in [5.41, 5.74) is 5.18. The molecule has 0 radical (unpaired) electrons. The summed E-state index contributed by atoms with van der Waals surface area (Å²) in [5.74, 6) is -0.268. The summed E-state index contributed by atoms with van der Waals surface area (Å²) in [6, 6.07) is 5.67. The second-order valence-electron chi connectivity index (χ2n) is 7.28. The Morgan fingerprint density at radius 2 is 2.17 bits per heavy atom. The molecule has 0 aliphatic carbocycles. The summed E-state index contributed by atoms with van der Waals surface area (Å²) in [4.78, 5) is 32.5. The van der Waals surface area contributed by atoms with Crippen LogP contribution < -0.4 is 10.6 Å². The number of halogens is 1. The van der Waals surface area contributed by atoms with Gasteiger partial charge in [0, 0.05) is 52.6 Å². The van der Waals surface area contributed by atoms with Crippen molar-refractivity contribution in [1.82, 2.24) is 19.9 Å². The molecule has 3 aromatic rings. The number of anilines is 1. The van der Waals surface area contributed by atoms with Crippen LogP contribution in [0, 0.1) is 13.8 Å². The smallest absolute Gasteiger partial charge is 0.256 e. The molecule has 1 aromatic carbocycles. The van der Waals surface area contributed by atoms with Crippen LogP contribution in [0.3, 0.4) is 0 Å². The number of hydrogen-bond acceptors (Lipinski definition) is 3. The second kappa shape index (κ2) is 8.31. The lowest BCUT2D eigenvalue weighted by molar-refractivity contribution is -0.110. The molecule has 0 bridgehead atoms. The number of imidazole rings is 1. The predicted octanol–water partition coefficient (Wildman–Crippen LogP) is 3.90. The zero-order chi connectivity index (χ0) is 21.3. The van der Waals surface area contributed by atoms with Crippen molar-refractivity contribution in [3.8, 4) is 0 Å². The van der Waals surface area contributed by atoms with Crippen LogP contribution in [0.5, 0.6) is 0 Å². The average Bonchev–Trinajstić information content (AvgIpc) is 3.39. The van der Waals surface area contributed by atoms with Crippen molar-refractivity contribution in [1.29, 1.82) is 0 Å². The molecule has 0 fully saturated rings. The maximum atomic E-state index is 12.7. The third-order valence-electron chi connectivity index (χ3n) is 5.19. The van der Waals surface area contributed by atoms with E-state index in [1.165, 1.54) is 0 Å². The van der Waals surface area contributed by atoms with Crippen LogP contribution >= 0.6 is 15.9 Å². The highest BCUT2D eigenvalue weighted by Gasteiger charge is 2.25. The molecule has 0 saturated heterocycles. The summed E-state index contributed by atoms with van der Waals surface area (Å²) in [6.45, 7) is 5.13. The van der Waals surface area contributed by atoms with Gasteiger partial charge in [-0.15, -0.1) is 0 Å². The highest BCUT2D eigenvalue weighted by atomic mass is 79.9. The van der Waals surface area contributed by atoms with Gasteiger partial charge in [-0.25, -0.2) is 4.98 Å². The van der Waals surface area contributed by atoms with E-state index in [-0.39, 0.29) is 11.8 Å². The first kappa shape index (κ1) is 20.2. The maximum Gasteiger partial charge on any atom is 0.256 e. The van der Waals surface area contributed by atoms with Gasteiger partial charge >= 0.3 is 0 Å². The van der Waals surface area contributed by atoms with Gasteiger partial charge in [-0.1, -0.05) is 15.9 Å². The summed E-state index contributed by atoms with van der Waals surface area (Å²) in [5, 5.41) is 5.86. The first-order valence-electron chi connectivity index (χ1n) is 9.70. The summed E-state index contributed by atoms with van der Waals surface area (Å²) in [6.07, 6.45) is 8.03. The Hall–Kier alpha value is -3.13. The van der Waals surface area contributed by atoms with Crippen LogP contribution in [0.4, 0.5) is 5.69 Å². The van der Waals surface area contributed by atoms with E-state index in [1.807, 2.05) is 48.9 Å². The molecule has 2 amide bonds. The van der Waals surface area contributed by atoms with Gasteiger partial charge in [0.05, 0.1) is 17.5 Å². The number of carbonyl (C=O) groups excluding carboxylic acids is 2. The zero-order valence-electron chi connectivity index (χ0n) is 16.8. The Bertz CT molecular complexity index is 1140. The number of benzene rings is 1. The topological polar surface area (TPSA) is 91.8 Å². The Morgan fingerprint density at radius 3 is 2.93 bits per heavy atom. The fraction of sp³-hybridized carbons (Fsp3) is 0.227. The number of rotatable bonds is 6. The molecule has 7 nitrogen and oxygen atoms in total. The molecule has 0 unspecified atom stereocenters. The molecule has 0 spiro atoms. The largest absolute Gasteiger partial charge is 0.358 e. The Balaban J connectivity index is 1.51. The molecular formula is C22H22BrN5O2. The minimum absolute atomic E-state index is 0.115. The van der Waals surface area contributed by atoms with Crippen molar-refractivity contribution < 1.29 is 9.59 Å². The lowest BCUT2D eigenvalue weighted by atomic mass is 10.0. The maximum absolute atomic E-state index is 12.7. The summed E-state index contributed by atoms with van der Waals surface area (Å²) in [7, 11) is 0. The fourth-order valence-corrected chi connectivity index (χ4v) is 4.04. The molecule has 3 heterocycles. The molecule has 3 N–H and O–H groups in total. The van der Waals surface area contributed by atoms with E-state index in [4.69, 9.17) is 0 Å². The first-order valence-corrected chi connectivity index (χ1v) is 10.5. The van der Waals surface area contributed by atoms with Crippen molar-refractivity contribution in [3.63, 3.8) is 0 Å². The van der Waals surface area contributed by atoms with Gasteiger partial charge in [-0.05, 0) is 50.1 Å². The van der Waals surface area contributed by atoms with Crippen molar-refractivity contribution in [3.05, 3.63) is 69.5 Å². The van der Waals surface area contributed by atoms with E-state index in [1.54, 1.807) is 12.5 Å². The van der Waals surface area contributed by atoms with E-state index in [0.717, 1.165) is 45.6 Å². The molecule has 4 rings (SSSR count). The van der Waals surface area contributed by atoms with Crippen LogP contribution in [-0.2, 0) is 11.3 Å². The van der Waals surface area contributed by atoms with Gasteiger partial charge in [-0.3, -0.25) is 9.59 Å². The number of amides is 2. The number of aromatic amines is 1. The van der Waals surface area contributed by atoms with Crippen LogP contribution in [0.1, 0.15) is 39.3 Å². The van der Waals surface area contributed by atoms with Crippen molar-refractivity contribution >= 4 is 45.1 Å². The molecule has 0 atom stereocenters. The van der Waals surface area contributed by atoms with Crippen LogP contribution in [0.2, 0.25) is 0 Å². The minimum atomic E-state index is -0.153. The van der Waals surface area contributed by atoms with Crippen molar-refractivity contribution in [2.24, 2.45) is 0 Å². The van der Waals surface area contributed by atoms with E-state index in [9.17, 15) is 9.59 Å². The molecule has 30 heavy (non-hydrogen) atoms. The van der Waals surface area contributed by atoms with Crippen LogP contribution in [0.15, 0.2) is 41.4 Å². The monoisotopic (exact) mass is 467 g/mol.